The third-order valence-corrected chi connectivity index (χ3v) is 9.84. The fourth-order valence-corrected chi connectivity index (χ4v) is 7.53. The third-order valence-electron chi connectivity index (χ3n) is 9.84. The maximum Gasteiger partial charge on any atom is 0.0998 e. The molecule has 8 aromatic rings. The lowest BCUT2D eigenvalue weighted by Crippen LogP contribution is -2.03. The summed E-state index contributed by atoms with van der Waals surface area (Å²) in [5.41, 5.74) is 15.8. The van der Waals surface area contributed by atoms with Crippen LogP contribution in [0.3, 0.4) is 0 Å². The Bertz CT molecular complexity index is 2450. The van der Waals surface area contributed by atoms with Gasteiger partial charge in [-0.2, -0.15) is 10.5 Å². The number of rotatable bonds is 3. The first-order chi connectivity index (χ1) is 23.2. The molecule has 0 spiro atoms. The first kappa shape index (κ1) is 29.3. The number of nitriles is 2. The second-order valence-electron chi connectivity index (χ2n) is 13.3. The number of aromatic nitrogens is 2. The second-order valence-corrected chi connectivity index (χ2v) is 13.3. The minimum Gasteiger partial charge on any atom is -0.309 e. The standard InChI is InChI=1S/C44H34N4/c1-25-7-11-39-35(15-25)36-16-26(2)8-12-40(36)47(39)43-21-33(31(23-45)19-29(43)5)34-22-44(30(6)20-32(34)24-46)48-41-13-9-27(3)17-37(41)38-18-28(4)10-14-42(38)48/h7-22H,1-6H3. The number of hydrogen-bond donors (Lipinski definition) is 0. The van der Waals surface area contributed by atoms with Gasteiger partial charge in [-0.3, -0.25) is 0 Å². The van der Waals surface area contributed by atoms with Crippen molar-refractivity contribution in [1.29, 1.82) is 10.5 Å². The summed E-state index contributed by atoms with van der Waals surface area (Å²) in [5.74, 6) is 0. The molecule has 6 aromatic carbocycles. The lowest BCUT2D eigenvalue weighted by atomic mass is 9.92. The van der Waals surface area contributed by atoms with Crippen molar-refractivity contribution in [1.82, 2.24) is 9.13 Å². The highest BCUT2D eigenvalue weighted by Gasteiger charge is 2.21. The van der Waals surface area contributed by atoms with Crippen molar-refractivity contribution in [2.24, 2.45) is 0 Å². The zero-order chi connectivity index (χ0) is 33.4. The normalized spacial score (nSPS) is 11.5. The lowest BCUT2D eigenvalue weighted by Gasteiger charge is -2.18. The fraction of sp³-hybridized carbons (Fsp3) is 0.136. The van der Waals surface area contributed by atoms with Gasteiger partial charge in [0.1, 0.15) is 0 Å². The van der Waals surface area contributed by atoms with E-state index in [-0.39, 0.29) is 0 Å². The van der Waals surface area contributed by atoms with E-state index in [2.05, 4.69) is 148 Å². The van der Waals surface area contributed by atoms with Crippen molar-refractivity contribution in [3.05, 3.63) is 142 Å². The van der Waals surface area contributed by atoms with Crippen LogP contribution in [0.1, 0.15) is 44.5 Å². The van der Waals surface area contributed by atoms with Gasteiger partial charge < -0.3 is 9.13 Å². The van der Waals surface area contributed by atoms with E-state index in [9.17, 15) is 10.5 Å². The Hall–Kier alpha value is -6.10. The lowest BCUT2D eigenvalue weighted by molar-refractivity contribution is 1.14. The quantitative estimate of drug-likeness (QED) is 0.198. The summed E-state index contributed by atoms with van der Waals surface area (Å²) >= 11 is 0. The maximum absolute atomic E-state index is 10.5. The van der Waals surface area contributed by atoms with E-state index in [1.807, 2.05) is 12.1 Å². The summed E-state index contributed by atoms with van der Waals surface area (Å²) in [6, 6.07) is 39.5. The van der Waals surface area contributed by atoms with Crippen LogP contribution in [-0.4, -0.2) is 9.13 Å². The summed E-state index contributed by atoms with van der Waals surface area (Å²) in [6.45, 7) is 12.6. The molecule has 0 bridgehead atoms. The van der Waals surface area contributed by atoms with Crippen LogP contribution in [0.15, 0.2) is 97.1 Å². The number of hydrogen-bond acceptors (Lipinski definition) is 2. The average Bonchev–Trinajstić information content (AvgIpc) is 3.55. The third kappa shape index (κ3) is 4.34. The molecule has 2 heterocycles. The van der Waals surface area contributed by atoms with Crippen LogP contribution in [0.5, 0.6) is 0 Å². The van der Waals surface area contributed by atoms with E-state index in [0.29, 0.717) is 11.1 Å². The molecule has 0 unspecified atom stereocenters. The SMILES string of the molecule is Cc1ccc2c(c1)c1cc(C)ccc1n2-c1cc(-c2cc(-n3c4ccc(C)cc4c4cc(C)ccc43)c(C)cc2C#N)c(C#N)cc1C. The van der Waals surface area contributed by atoms with E-state index in [4.69, 9.17) is 0 Å². The minimum atomic E-state index is 0.545. The van der Waals surface area contributed by atoms with Gasteiger partial charge in [0.05, 0.1) is 45.3 Å². The molecule has 0 radical (unpaired) electrons. The van der Waals surface area contributed by atoms with Crippen molar-refractivity contribution >= 4 is 43.6 Å². The Morgan fingerprint density at radius 2 is 0.688 bits per heavy atom. The van der Waals surface area contributed by atoms with Crippen LogP contribution < -0.4 is 0 Å². The molecule has 0 aliphatic heterocycles. The van der Waals surface area contributed by atoms with Crippen molar-refractivity contribution in [2.75, 3.05) is 0 Å². The Labute approximate surface area is 280 Å². The van der Waals surface area contributed by atoms with Crippen molar-refractivity contribution < 1.29 is 0 Å². The molecule has 48 heavy (non-hydrogen) atoms. The van der Waals surface area contributed by atoms with Crippen molar-refractivity contribution in [2.45, 2.75) is 41.5 Å². The molecule has 4 nitrogen and oxygen atoms in total. The monoisotopic (exact) mass is 618 g/mol. The van der Waals surface area contributed by atoms with Gasteiger partial charge in [-0.1, -0.05) is 46.5 Å². The Balaban J connectivity index is 1.44. The van der Waals surface area contributed by atoms with Gasteiger partial charge in [-0.05, 0) is 125 Å². The zero-order valence-electron chi connectivity index (χ0n) is 28.0. The second kappa shape index (κ2) is 10.7. The van der Waals surface area contributed by atoms with Gasteiger partial charge in [0.15, 0.2) is 0 Å². The van der Waals surface area contributed by atoms with Crippen LogP contribution in [0, 0.1) is 64.2 Å². The average molecular weight is 619 g/mol. The van der Waals surface area contributed by atoms with Crippen LogP contribution in [0.4, 0.5) is 0 Å². The van der Waals surface area contributed by atoms with E-state index >= 15 is 0 Å². The molecule has 0 fully saturated rings. The predicted molar refractivity (Wildman–Crippen MR) is 198 cm³/mol. The first-order valence-corrected chi connectivity index (χ1v) is 16.3. The van der Waals surface area contributed by atoms with Crippen LogP contribution in [-0.2, 0) is 0 Å². The van der Waals surface area contributed by atoms with Gasteiger partial charge in [0, 0.05) is 44.0 Å². The molecule has 0 amide bonds. The van der Waals surface area contributed by atoms with Gasteiger partial charge in [-0.15, -0.1) is 0 Å². The van der Waals surface area contributed by atoms with E-state index in [1.54, 1.807) is 0 Å². The molecule has 2 aromatic heterocycles. The first-order valence-electron chi connectivity index (χ1n) is 16.3. The van der Waals surface area contributed by atoms with Gasteiger partial charge in [-0.25, -0.2) is 0 Å². The molecule has 0 aliphatic rings. The molecule has 8 rings (SSSR count). The molecule has 0 saturated heterocycles. The maximum atomic E-state index is 10.5. The summed E-state index contributed by atoms with van der Waals surface area (Å²) in [5, 5.41) is 25.8. The summed E-state index contributed by atoms with van der Waals surface area (Å²) in [7, 11) is 0. The number of fused-ring (bicyclic) bond motifs is 6. The molecular formula is C44H34N4. The highest BCUT2D eigenvalue weighted by Crippen LogP contribution is 2.40. The Morgan fingerprint density at radius 3 is 0.958 bits per heavy atom. The summed E-state index contributed by atoms with van der Waals surface area (Å²) in [4.78, 5) is 0. The number of benzene rings is 6. The highest BCUT2D eigenvalue weighted by atomic mass is 15.0. The molecule has 0 saturated carbocycles. The van der Waals surface area contributed by atoms with Crippen LogP contribution >= 0.6 is 0 Å². The van der Waals surface area contributed by atoms with Crippen molar-refractivity contribution in [3.8, 4) is 34.6 Å². The molecule has 4 heteroatoms. The largest absolute Gasteiger partial charge is 0.309 e. The summed E-state index contributed by atoms with van der Waals surface area (Å²) in [6.07, 6.45) is 0. The molecule has 0 N–H and O–H groups in total. The van der Waals surface area contributed by atoms with E-state index in [0.717, 1.165) is 55.7 Å². The van der Waals surface area contributed by atoms with Gasteiger partial charge in [0.25, 0.3) is 0 Å². The molecule has 0 atom stereocenters. The van der Waals surface area contributed by atoms with Gasteiger partial charge in [0.2, 0.25) is 0 Å². The predicted octanol–water partition coefficient (Wildman–Crippen LogP) is 11.1. The Kier molecular flexibility index (Phi) is 6.55. The highest BCUT2D eigenvalue weighted by molar-refractivity contribution is 6.11. The molecular weight excluding hydrogens is 585 g/mol. The van der Waals surface area contributed by atoms with Crippen LogP contribution in [0.2, 0.25) is 0 Å². The van der Waals surface area contributed by atoms with Gasteiger partial charge >= 0.3 is 0 Å². The van der Waals surface area contributed by atoms with E-state index < -0.39 is 0 Å². The summed E-state index contributed by atoms with van der Waals surface area (Å²) < 4.78 is 4.62. The van der Waals surface area contributed by atoms with E-state index in [1.165, 1.54) is 43.8 Å². The topological polar surface area (TPSA) is 57.4 Å². The van der Waals surface area contributed by atoms with Crippen LogP contribution in [0.25, 0.3) is 66.1 Å². The molecule has 230 valence electrons. The minimum absolute atomic E-state index is 0.545. The number of nitrogens with zero attached hydrogens (tertiary/aromatic N) is 4. The molecule has 0 aliphatic carbocycles. The smallest absolute Gasteiger partial charge is 0.0998 e. The Morgan fingerprint density at radius 1 is 0.396 bits per heavy atom. The zero-order valence-corrected chi connectivity index (χ0v) is 28.0. The van der Waals surface area contributed by atoms with Crippen molar-refractivity contribution in [3.63, 3.8) is 0 Å². The number of aryl methyl sites for hydroxylation is 6. The fourth-order valence-electron chi connectivity index (χ4n) is 7.53.